The van der Waals surface area contributed by atoms with Crippen molar-refractivity contribution in [2.24, 2.45) is 5.73 Å². The van der Waals surface area contributed by atoms with Crippen LogP contribution in [0.5, 0.6) is 0 Å². The van der Waals surface area contributed by atoms with Gasteiger partial charge in [0.05, 0.1) is 13.1 Å². The van der Waals surface area contributed by atoms with E-state index in [0.717, 1.165) is 0 Å². The molecule has 0 radical (unpaired) electrons. The first kappa shape index (κ1) is 16.4. The molecule has 0 aliphatic rings. The molecule has 4 heteroatoms. The van der Waals surface area contributed by atoms with Gasteiger partial charge in [0.1, 0.15) is 0 Å². The van der Waals surface area contributed by atoms with Gasteiger partial charge in [0.25, 0.3) is 0 Å². The summed E-state index contributed by atoms with van der Waals surface area (Å²) < 4.78 is 0. The molecule has 1 rings (SSSR count). The minimum atomic E-state index is -0.415. The van der Waals surface area contributed by atoms with Crippen LogP contribution in [-0.2, 0) is 4.79 Å². The summed E-state index contributed by atoms with van der Waals surface area (Å²) in [7, 11) is 0. The molecular formula is C16H24N2O2. The maximum absolute atomic E-state index is 12.2. The maximum Gasteiger partial charge on any atom is 0.231 e. The van der Waals surface area contributed by atoms with E-state index >= 15 is 0 Å². The molecule has 0 heterocycles. The number of nitrogens with two attached hydrogens (primary N) is 1. The standard InChI is InChI=1S/C16H24N2O2/c1-11(2)13-5-7-14(8-6-13)15(19)9-18(12(3)4)10-16(17)20/h5-8,11-12H,9-10H2,1-4H3,(H2,17,20). The van der Waals surface area contributed by atoms with Crippen LogP contribution in [0.4, 0.5) is 0 Å². The van der Waals surface area contributed by atoms with Crippen molar-refractivity contribution in [3.05, 3.63) is 35.4 Å². The van der Waals surface area contributed by atoms with Gasteiger partial charge in [0.15, 0.2) is 5.78 Å². The number of Topliss-reactive ketones (excluding diaryl/α,β-unsaturated/α-hetero) is 1. The van der Waals surface area contributed by atoms with Crippen molar-refractivity contribution in [1.82, 2.24) is 4.90 Å². The van der Waals surface area contributed by atoms with Crippen LogP contribution in [0.3, 0.4) is 0 Å². The number of primary amides is 1. The second kappa shape index (κ2) is 7.20. The van der Waals surface area contributed by atoms with Gasteiger partial charge < -0.3 is 5.73 Å². The predicted molar refractivity (Wildman–Crippen MR) is 80.8 cm³/mol. The highest BCUT2D eigenvalue weighted by atomic mass is 16.1. The third kappa shape index (κ3) is 4.78. The van der Waals surface area contributed by atoms with Crippen molar-refractivity contribution in [3.8, 4) is 0 Å². The number of hydrogen-bond acceptors (Lipinski definition) is 3. The molecule has 0 atom stereocenters. The molecule has 0 bridgehead atoms. The molecule has 2 N–H and O–H groups in total. The monoisotopic (exact) mass is 276 g/mol. The SMILES string of the molecule is CC(C)c1ccc(C(=O)CN(CC(N)=O)C(C)C)cc1. The van der Waals surface area contributed by atoms with Gasteiger partial charge in [0, 0.05) is 11.6 Å². The topological polar surface area (TPSA) is 63.4 Å². The average Bonchev–Trinajstić information content (AvgIpc) is 2.37. The summed E-state index contributed by atoms with van der Waals surface area (Å²) in [5.41, 5.74) is 7.09. The first-order valence-corrected chi connectivity index (χ1v) is 6.96. The molecule has 0 saturated heterocycles. The van der Waals surface area contributed by atoms with Gasteiger partial charge in [-0.15, -0.1) is 0 Å². The van der Waals surface area contributed by atoms with Crippen molar-refractivity contribution < 1.29 is 9.59 Å². The minimum absolute atomic E-state index is 0.00950. The zero-order valence-corrected chi connectivity index (χ0v) is 12.7. The Morgan fingerprint density at radius 3 is 2.00 bits per heavy atom. The van der Waals surface area contributed by atoms with Crippen LogP contribution in [0.2, 0.25) is 0 Å². The lowest BCUT2D eigenvalue weighted by Gasteiger charge is -2.24. The zero-order chi connectivity index (χ0) is 15.3. The second-order valence-electron chi connectivity index (χ2n) is 5.66. The van der Waals surface area contributed by atoms with Crippen LogP contribution in [0.15, 0.2) is 24.3 Å². The Bertz CT molecular complexity index is 464. The minimum Gasteiger partial charge on any atom is -0.369 e. The Balaban J connectivity index is 2.75. The Morgan fingerprint density at radius 1 is 1.05 bits per heavy atom. The van der Waals surface area contributed by atoms with Crippen LogP contribution < -0.4 is 5.73 Å². The fourth-order valence-corrected chi connectivity index (χ4v) is 1.95. The van der Waals surface area contributed by atoms with Crippen LogP contribution in [0, 0.1) is 0 Å². The Kier molecular flexibility index (Phi) is 5.89. The molecular weight excluding hydrogens is 252 g/mol. The van der Waals surface area contributed by atoms with E-state index in [9.17, 15) is 9.59 Å². The summed E-state index contributed by atoms with van der Waals surface area (Å²) in [6.07, 6.45) is 0. The van der Waals surface area contributed by atoms with E-state index in [1.807, 2.05) is 38.1 Å². The molecule has 1 aromatic carbocycles. The fourth-order valence-electron chi connectivity index (χ4n) is 1.95. The number of carbonyl (C=O) groups is 2. The lowest BCUT2D eigenvalue weighted by molar-refractivity contribution is -0.119. The highest BCUT2D eigenvalue weighted by Gasteiger charge is 2.17. The van der Waals surface area contributed by atoms with E-state index in [1.165, 1.54) is 5.56 Å². The van der Waals surface area contributed by atoms with E-state index in [-0.39, 0.29) is 24.9 Å². The van der Waals surface area contributed by atoms with Gasteiger partial charge in [-0.25, -0.2) is 0 Å². The van der Waals surface area contributed by atoms with Gasteiger partial charge in [0.2, 0.25) is 5.91 Å². The van der Waals surface area contributed by atoms with Gasteiger partial charge in [-0.1, -0.05) is 38.1 Å². The summed E-state index contributed by atoms with van der Waals surface area (Å²) in [5.74, 6) is 0.0399. The molecule has 0 unspecified atom stereocenters. The normalized spacial score (nSPS) is 11.3. The summed E-state index contributed by atoms with van der Waals surface area (Å²) >= 11 is 0. The molecule has 0 aliphatic carbocycles. The highest BCUT2D eigenvalue weighted by Crippen LogP contribution is 2.15. The van der Waals surface area contributed by atoms with Crippen molar-refractivity contribution in [2.45, 2.75) is 39.7 Å². The van der Waals surface area contributed by atoms with Crippen LogP contribution in [0.25, 0.3) is 0 Å². The molecule has 4 nitrogen and oxygen atoms in total. The highest BCUT2D eigenvalue weighted by molar-refractivity contribution is 5.97. The van der Waals surface area contributed by atoms with Crippen molar-refractivity contribution in [2.75, 3.05) is 13.1 Å². The molecule has 1 aromatic rings. The number of rotatable bonds is 7. The quantitative estimate of drug-likeness (QED) is 0.776. The Morgan fingerprint density at radius 2 is 1.60 bits per heavy atom. The van der Waals surface area contributed by atoms with Gasteiger partial charge >= 0.3 is 0 Å². The summed E-state index contributed by atoms with van der Waals surface area (Å²) in [4.78, 5) is 25.0. The average molecular weight is 276 g/mol. The zero-order valence-electron chi connectivity index (χ0n) is 12.7. The fraction of sp³-hybridized carbons (Fsp3) is 0.500. The van der Waals surface area contributed by atoms with Crippen LogP contribution in [-0.4, -0.2) is 35.7 Å². The van der Waals surface area contributed by atoms with E-state index in [1.54, 1.807) is 4.90 Å². The number of carbonyl (C=O) groups excluding carboxylic acids is 2. The Hall–Kier alpha value is -1.68. The van der Waals surface area contributed by atoms with Crippen molar-refractivity contribution >= 4 is 11.7 Å². The van der Waals surface area contributed by atoms with Crippen LogP contribution >= 0.6 is 0 Å². The molecule has 0 fully saturated rings. The molecule has 1 amide bonds. The number of ketones is 1. The number of hydrogen-bond donors (Lipinski definition) is 1. The summed E-state index contributed by atoms with van der Waals surface area (Å²) in [5, 5.41) is 0. The second-order valence-corrected chi connectivity index (χ2v) is 5.66. The number of benzene rings is 1. The van der Waals surface area contributed by atoms with Gasteiger partial charge in [-0.2, -0.15) is 0 Å². The first-order valence-electron chi connectivity index (χ1n) is 6.96. The number of nitrogens with zero attached hydrogens (tertiary/aromatic N) is 1. The molecule has 0 aromatic heterocycles. The molecule has 110 valence electrons. The molecule has 0 aliphatic heterocycles. The largest absolute Gasteiger partial charge is 0.369 e. The smallest absolute Gasteiger partial charge is 0.231 e. The lowest BCUT2D eigenvalue weighted by Crippen LogP contribution is -2.41. The lowest BCUT2D eigenvalue weighted by atomic mass is 10.0. The summed E-state index contributed by atoms with van der Waals surface area (Å²) in [6.45, 7) is 8.43. The van der Waals surface area contributed by atoms with E-state index in [2.05, 4.69) is 13.8 Å². The number of amides is 1. The van der Waals surface area contributed by atoms with E-state index in [0.29, 0.717) is 11.5 Å². The van der Waals surface area contributed by atoms with Gasteiger partial charge in [-0.3, -0.25) is 14.5 Å². The predicted octanol–water partition coefficient (Wildman–Crippen LogP) is 2.19. The van der Waals surface area contributed by atoms with Crippen molar-refractivity contribution in [3.63, 3.8) is 0 Å². The third-order valence-electron chi connectivity index (χ3n) is 3.34. The van der Waals surface area contributed by atoms with E-state index in [4.69, 9.17) is 5.73 Å². The van der Waals surface area contributed by atoms with Gasteiger partial charge in [-0.05, 0) is 25.3 Å². The van der Waals surface area contributed by atoms with Crippen LogP contribution in [0.1, 0.15) is 49.5 Å². The van der Waals surface area contributed by atoms with E-state index < -0.39 is 5.91 Å². The maximum atomic E-state index is 12.2. The Labute approximate surface area is 121 Å². The molecule has 0 spiro atoms. The molecule has 20 heavy (non-hydrogen) atoms. The first-order chi connectivity index (χ1) is 9.31. The summed E-state index contributed by atoms with van der Waals surface area (Å²) in [6, 6.07) is 7.75. The third-order valence-corrected chi connectivity index (χ3v) is 3.34. The molecule has 0 saturated carbocycles. The van der Waals surface area contributed by atoms with Crippen molar-refractivity contribution in [1.29, 1.82) is 0 Å².